The summed E-state index contributed by atoms with van der Waals surface area (Å²) in [7, 11) is 1.50. The molecule has 0 aliphatic heterocycles. The van der Waals surface area contributed by atoms with Gasteiger partial charge in [0, 0.05) is 22.9 Å². The number of amides is 2. The second-order valence-corrected chi connectivity index (χ2v) is 8.97. The van der Waals surface area contributed by atoms with Crippen molar-refractivity contribution in [3.05, 3.63) is 48.2 Å². The molecule has 0 spiro atoms. The van der Waals surface area contributed by atoms with Gasteiger partial charge in [-0.15, -0.1) is 0 Å². The third-order valence-corrected chi connectivity index (χ3v) is 5.49. The number of aromatic nitrogens is 1. The molecule has 0 radical (unpaired) electrons. The topological polar surface area (TPSA) is 123 Å². The van der Waals surface area contributed by atoms with Crippen molar-refractivity contribution in [3.63, 3.8) is 0 Å². The molecule has 8 nitrogen and oxygen atoms in total. The molecule has 1 fully saturated rings. The zero-order valence-corrected chi connectivity index (χ0v) is 18.4. The van der Waals surface area contributed by atoms with Crippen LogP contribution in [0, 0.1) is 17.3 Å². The SMILES string of the molecule is COc1ccc(NC(=O)[C@@H]2[C@H](C(=O)NC(C)(C)C)[C@]2(C)C(=O)c2ccccc2N)cn1. The highest BCUT2D eigenvalue weighted by Gasteiger charge is 2.72. The van der Waals surface area contributed by atoms with Crippen LogP contribution in [0.2, 0.25) is 0 Å². The van der Waals surface area contributed by atoms with E-state index >= 15 is 0 Å². The van der Waals surface area contributed by atoms with E-state index in [-0.39, 0.29) is 11.7 Å². The first-order valence-electron chi connectivity index (χ1n) is 10.0. The van der Waals surface area contributed by atoms with E-state index in [2.05, 4.69) is 15.6 Å². The van der Waals surface area contributed by atoms with Crippen molar-refractivity contribution < 1.29 is 19.1 Å². The molecule has 2 amide bonds. The predicted molar refractivity (Wildman–Crippen MR) is 118 cm³/mol. The van der Waals surface area contributed by atoms with E-state index in [1.807, 2.05) is 20.8 Å². The van der Waals surface area contributed by atoms with Gasteiger partial charge in [0.05, 0.1) is 36.2 Å². The summed E-state index contributed by atoms with van der Waals surface area (Å²) in [6.45, 7) is 7.18. The van der Waals surface area contributed by atoms with Crippen molar-refractivity contribution in [1.29, 1.82) is 0 Å². The van der Waals surface area contributed by atoms with Gasteiger partial charge in [-0.1, -0.05) is 19.1 Å². The van der Waals surface area contributed by atoms with Gasteiger partial charge in [0.25, 0.3) is 0 Å². The van der Waals surface area contributed by atoms with Gasteiger partial charge in [-0.25, -0.2) is 4.98 Å². The molecule has 1 saturated carbocycles. The van der Waals surface area contributed by atoms with Crippen LogP contribution in [0.4, 0.5) is 11.4 Å². The quantitative estimate of drug-likeness (QED) is 0.484. The van der Waals surface area contributed by atoms with Crippen LogP contribution in [-0.4, -0.2) is 35.2 Å². The Bertz CT molecular complexity index is 1010. The van der Waals surface area contributed by atoms with Crippen molar-refractivity contribution in [1.82, 2.24) is 10.3 Å². The van der Waals surface area contributed by atoms with Gasteiger partial charge < -0.3 is 21.1 Å². The van der Waals surface area contributed by atoms with Gasteiger partial charge in [0.2, 0.25) is 17.7 Å². The number of ketones is 1. The lowest BCUT2D eigenvalue weighted by Gasteiger charge is -2.21. The smallest absolute Gasteiger partial charge is 0.229 e. The lowest BCUT2D eigenvalue weighted by molar-refractivity contribution is -0.126. The first-order valence-corrected chi connectivity index (χ1v) is 10.0. The molecule has 0 unspecified atom stereocenters. The number of nitrogens with zero attached hydrogens (tertiary/aromatic N) is 1. The molecule has 164 valence electrons. The average Bonchev–Trinajstić information content (AvgIpc) is 3.34. The maximum Gasteiger partial charge on any atom is 0.229 e. The van der Waals surface area contributed by atoms with Crippen molar-refractivity contribution in [2.75, 3.05) is 18.2 Å². The number of pyridine rings is 1. The summed E-state index contributed by atoms with van der Waals surface area (Å²) in [5.41, 5.74) is 5.35. The Morgan fingerprint density at radius 2 is 1.71 bits per heavy atom. The average molecular weight is 425 g/mol. The third kappa shape index (κ3) is 4.38. The van der Waals surface area contributed by atoms with Crippen LogP contribution in [0.25, 0.3) is 0 Å². The van der Waals surface area contributed by atoms with Crippen molar-refractivity contribution in [2.45, 2.75) is 33.2 Å². The number of Topliss-reactive ketones (excluding diaryl/α,β-unsaturated/α-hetero) is 1. The minimum atomic E-state index is -1.21. The van der Waals surface area contributed by atoms with E-state index in [4.69, 9.17) is 10.5 Å². The Labute approximate surface area is 181 Å². The summed E-state index contributed by atoms with van der Waals surface area (Å²) < 4.78 is 5.02. The second-order valence-electron chi connectivity index (χ2n) is 8.97. The summed E-state index contributed by atoms with van der Waals surface area (Å²) in [5.74, 6) is -2.34. The van der Waals surface area contributed by atoms with E-state index in [1.165, 1.54) is 13.3 Å². The number of benzene rings is 1. The van der Waals surface area contributed by atoms with Crippen LogP contribution in [-0.2, 0) is 9.59 Å². The molecule has 4 N–H and O–H groups in total. The van der Waals surface area contributed by atoms with E-state index in [9.17, 15) is 14.4 Å². The minimum Gasteiger partial charge on any atom is -0.481 e. The van der Waals surface area contributed by atoms with Gasteiger partial charge in [-0.3, -0.25) is 14.4 Å². The minimum absolute atomic E-state index is 0.306. The fourth-order valence-corrected chi connectivity index (χ4v) is 3.88. The number of ether oxygens (including phenoxy) is 1. The van der Waals surface area contributed by atoms with E-state index < -0.39 is 28.7 Å². The highest BCUT2D eigenvalue weighted by atomic mass is 16.5. The molecule has 0 bridgehead atoms. The lowest BCUT2D eigenvalue weighted by atomic mass is 9.91. The Kier molecular flexibility index (Phi) is 5.76. The number of carbonyl (C=O) groups excluding carboxylic acids is 3. The number of hydrogen-bond acceptors (Lipinski definition) is 6. The van der Waals surface area contributed by atoms with Crippen LogP contribution < -0.4 is 21.1 Å². The number of nitrogen functional groups attached to an aromatic ring is 1. The fraction of sp³-hybridized carbons (Fsp3) is 0.391. The van der Waals surface area contributed by atoms with Gasteiger partial charge in [0.15, 0.2) is 5.78 Å². The number of carbonyl (C=O) groups is 3. The number of para-hydroxylation sites is 1. The number of anilines is 2. The fourth-order valence-electron chi connectivity index (χ4n) is 3.88. The van der Waals surface area contributed by atoms with Crippen LogP contribution >= 0.6 is 0 Å². The summed E-state index contributed by atoms with van der Waals surface area (Å²) in [5, 5.41) is 5.65. The maximum absolute atomic E-state index is 13.4. The molecule has 8 heteroatoms. The molecule has 31 heavy (non-hydrogen) atoms. The van der Waals surface area contributed by atoms with Crippen LogP contribution in [0.1, 0.15) is 38.1 Å². The standard InChI is InChI=1S/C23H28N4O4/c1-22(2,3)27-21(30)18-17(20(29)26-13-10-11-16(31-5)25-12-13)23(18,4)19(28)14-8-6-7-9-15(14)24/h6-12,17-18H,24H2,1-5H3,(H,26,29)(H,27,30)/t17-,18+,23+/m0/s1. The Morgan fingerprint density at radius 1 is 1.06 bits per heavy atom. The molecular formula is C23H28N4O4. The lowest BCUT2D eigenvalue weighted by Crippen LogP contribution is -2.42. The van der Waals surface area contributed by atoms with E-state index in [0.717, 1.165) is 0 Å². The molecule has 1 aromatic carbocycles. The molecule has 3 rings (SSSR count). The van der Waals surface area contributed by atoms with Crippen molar-refractivity contribution in [2.24, 2.45) is 17.3 Å². The second kappa shape index (κ2) is 8.02. The molecule has 1 aromatic heterocycles. The van der Waals surface area contributed by atoms with Gasteiger partial charge in [-0.2, -0.15) is 0 Å². The predicted octanol–water partition coefficient (Wildman–Crippen LogP) is 2.66. The summed E-state index contributed by atoms with van der Waals surface area (Å²) in [6, 6.07) is 9.93. The summed E-state index contributed by atoms with van der Waals surface area (Å²) in [6.07, 6.45) is 1.46. The number of nitrogens with one attached hydrogen (secondary N) is 2. The van der Waals surface area contributed by atoms with E-state index in [1.54, 1.807) is 43.3 Å². The van der Waals surface area contributed by atoms with Gasteiger partial charge in [0.1, 0.15) is 0 Å². The highest BCUT2D eigenvalue weighted by Crippen LogP contribution is 2.61. The number of hydrogen-bond donors (Lipinski definition) is 3. The molecule has 1 aliphatic rings. The molecule has 3 atom stereocenters. The first kappa shape index (κ1) is 22.3. The van der Waals surface area contributed by atoms with E-state index in [0.29, 0.717) is 22.8 Å². The van der Waals surface area contributed by atoms with Crippen molar-refractivity contribution >= 4 is 29.0 Å². The molecular weight excluding hydrogens is 396 g/mol. The molecule has 2 aromatic rings. The Morgan fingerprint density at radius 3 is 2.26 bits per heavy atom. The molecule has 0 saturated heterocycles. The zero-order chi connectivity index (χ0) is 23.0. The van der Waals surface area contributed by atoms with Crippen LogP contribution in [0.3, 0.4) is 0 Å². The Balaban J connectivity index is 1.90. The van der Waals surface area contributed by atoms with Crippen LogP contribution in [0.5, 0.6) is 5.88 Å². The maximum atomic E-state index is 13.4. The normalized spacial score (nSPS) is 22.4. The summed E-state index contributed by atoms with van der Waals surface area (Å²) in [4.78, 5) is 43.6. The number of nitrogens with two attached hydrogens (primary N) is 1. The number of methoxy groups -OCH3 is 1. The number of rotatable bonds is 6. The zero-order valence-electron chi connectivity index (χ0n) is 18.4. The first-order chi connectivity index (χ1) is 14.5. The third-order valence-electron chi connectivity index (χ3n) is 5.49. The van der Waals surface area contributed by atoms with Gasteiger partial charge in [-0.05, 0) is 39.0 Å². The van der Waals surface area contributed by atoms with Crippen molar-refractivity contribution in [3.8, 4) is 5.88 Å². The monoisotopic (exact) mass is 424 g/mol. The van der Waals surface area contributed by atoms with Crippen LogP contribution in [0.15, 0.2) is 42.6 Å². The summed E-state index contributed by atoms with van der Waals surface area (Å²) >= 11 is 0. The largest absolute Gasteiger partial charge is 0.481 e. The van der Waals surface area contributed by atoms with Gasteiger partial charge >= 0.3 is 0 Å². The highest BCUT2D eigenvalue weighted by molar-refractivity contribution is 6.15. The molecule has 1 aliphatic carbocycles. The molecule has 1 heterocycles. The Hall–Kier alpha value is -3.42.